The highest BCUT2D eigenvalue weighted by Crippen LogP contribution is 2.54. The van der Waals surface area contributed by atoms with E-state index >= 15 is 4.39 Å². The number of carbonyl (C=O) groups excluding carboxylic acids is 1. The molecule has 0 unspecified atom stereocenters. The third-order valence-electron chi connectivity index (χ3n) is 6.81. The molecule has 162 valence electrons. The normalized spacial score (nSPS) is 24.4. The summed E-state index contributed by atoms with van der Waals surface area (Å²) < 4.78 is 15.5. The van der Waals surface area contributed by atoms with Crippen LogP contribution in [0.25, 0.3) is 11.1 Å². The first-order valence-corrected chi connectivity index (χ1v) is 10.6. The summed E-state index contributed by atoms with van der Waals surface area (Å²) >= 11 is 6.88. The molecule has 2 heterocycles. The number of nitrogens with two attached hydrogens (primary N) is 1. The number of rotatable bonds is 2. The average Bonchev–Trinajstić information content (AvgIpc) is 3.11. The van der Waals surface area contributed by atoms with Crippen LogP contribution in [0.15, 0.2) is 18.3 Å². The first-order chi connectivity index (χ1) is 14.6. The minimum Gasteiger partial charge on any atom is -0.398 e. The highest BCUT2D eigenvalue weighted by Gasteiger charge is 2.47. The van der Waals surface area contributed by atoms with Gasteiger partial charge in [-0.3, -0.25) is 4.79 Å². The fraction of sp³-hybridized carbons (Fsp3) is 0.435. The summed E-state index contributed by atoms with van der Waals surface area (Å²) in [6.45, 7) is 2.68. The van der Waals surface area contributed by atoms with Gasteiger partial charge in [0, 0.05) is 54.6 Å². The van der Waals surface area contributed by atoms with Crippen LogP contribution in [0.3, 0.4) is 0 Å². The molecule has 1 spiro atoms. The zero-order valence-corrected chi connectivity index (χ0v) is 18.6. The van der Waals surface area contributed by atoms with Gasteiger partial charge in [0.1, 0.15) is 11.6 Å². The summed E-state index contributed by atoms with van der Waals surface area (Å²) in [5.74, 6) is -0.513. The van der Waals surface area contributed by atoms with Crippen molar-refractivity contribution in [1.29, 1.82) is 5.26 Å². The van der Waals surface area contributed by atoms with Crippen molar-refractivity contribution in [2.45, 2.75) is 38.0 Å². The number of fused-ring (bicyclic) bond motifs is 2. The number of hydrogen-bond donors (Lipinski definition) is 2. The van der Waals surface area contributed by atoms with E-state index < -0.39 is 11.7 Å². The molecular weight excluding hydrogens is 417 g/mol. The third kappa shape index (κ3) is 3.30. The van der Waals surface area contributed by atoms with Gasteiger partial charge >= 0.3 is 0 Å². The first kappa shape index (κ1) is 21.4. The second-order valence-corrected chi connectivity index (χ2v) is 9.48. The second-order valence-electron chi connectivity index (χ2n) is 9.11. The van der Waals surface area contributed by atoms with Crippen molar-refractivity contribution in [3.63, 3.8) is 0 Å². The molecule has 31 heavy (non-hydrogen) atoms. The molecule has 1 saturated carbocycles. The average molecular weight is 442 g/mol. The van der Waals surface area contributed by atoms with E-state index in [1.165, 1.54) is 23.2 Å². The minimum atomic E-state index is -0.706. The van der Waals surface area contributed by atoms with E-state index in [0.717, 1.165) is 31.2 Å². The van der Waals surface area contributed by atoms with Gasteiger partial charge in [0.15, 0.2) is 0 Å². The standard InChI is InChI=1S/C23H25ClFN5O/c1-22(11-26)6-8-23(9-7-22)12-29-20-17(23)18(24)14(10-28-20)13-4-5-15(27)16(19(13)25)21(31)30(2)3/h4-5,10H,6-9,12,27H2,1-3H3,(H,28,29)/t22-,23+. The number of nitrogens with one attached hydrogen (secondary N) is 1. The molecule has 8 heteroatoms. The highest BCUT2D eigenvalue weighted by molar-refractivity contribution is 6.34. The number of halogens is 2. The minimum absolute atomic E-state index is 0.0754. The van der Waals surface area contributed by atoms with Crippen LogP contribution in [-0.2, 0) is 5.41 Å². The van der Waals surface area contributed by atoms with E-state index in [9.17, 15) is 10.1 Å². The molecule has 0 bridgehead atoms. The maximum atomic E-state index is 15.5. The van der Waals surface area contributed by atoms with E-state index in [4.69, 9.17) is 17.3 Å². The molecule has 1 aliphatic carbocycles. The Bertz CT molecular complexity index is 1120. The molecule has 4 rings (SSSR count). The van der Waals surface area contributed by atoms with Crippen LogP contribution >= 0.6 is 11.6 Å². The van der Waals surface area contributed by atoms with Crippen molar-refractivity contribution in [3.05, 3.63) is 40.3 Å². The van der Waals surface area contributed by atoms with Gasteiger partial charge in [-0.05, 0) is 44.7 Å². The van der Waals surface area contributed by atoms with Crippen molar-refractivity contribution in [2.75, 3.05) is 31.7 Å². The first-order valence-electron chi connectivity index (χ1n) is 10.3. The fourth-order valence-corrected chi connectivity index (χ4v) is 5.14. The van der Waals surface area contributed by atoms with Gasteiger partial charge in [-0.2, -0.15) is 5.26 Å². The van der Waals surface area contributed by atoms with Crippen LogP contribution in [0.4, 0.5) is 15.9 Å². The van der Waals surface area contributed by atoms with Gasteiger partial charge < -0.3 is 16.0 Å². The lowest BCUT2D eigenvalue weighted by Gasteiger charge is -2.40. The molecule has 2 aromatic rings. The van der Waals surface area contributed by atoms with Crippen molar-refractivity contribution >= 4 is 29.0 Å². The van der Waals surface area contributed by atoms with Crippen molar-refractivity contribution in [3.8, 4) is 17.2 Å². The van der Waals surface area contributed by atoms with E-state index in [0.29, 0.717) is 22.9 Å². The SMILES string of the molecule is CN(C)C(=O)c1c(N)ccc(-c2cnc3c(c2Cl)[C@]2(CC[C@@](C)(C#N)CC2)CN3)c1F. The topological polar surface area (TPSA) is 95.0 Å². The van der Waals surface area contributed by atoms with E-state index in [1.807, 2.05) is 6.92 Å². The second kappa shape index (κ2) is 7.38. The zero-order valence-electron chi connectivity index (χ0n) is 17.9. The van der Waals surface area contributed by atoms with Crippen LogP contribution in [0.5, 0.6) is 0 Å². The summed E-state index contributed by atoms with van der Waals surface area (Å²) in [4.78, 5) is 18.3. The molecule has 1 amide bonds. The number of nitrogens with zero attached hydrogens (tertiary/aromatic N) is 3. The summed E-state index contributed by atoms with van der Waals surface area (Å²) in [5, 5.41) is 13.3. The van der Waals surface area contributed by atoms with Gasteiger partial charge in [-0.1, -0.05) is 11.6 Å². The molecule has 1 aromatic heterocycles. The number of carbonyl (C=O) groups is 1. The highest BCUT2D eigenvalue weighted by atomic mass is 35.5. The molecule has 3 N–H and O–H groups in total. The number of aromatic nitrogens is 1. The largest absolute Gasteiger partial charge is 0.398 e. The molecule has 6 nitrogen and oxygen atoms in total. The quantitative estimate of drug-likeness (QED) is 0.664. The van der Waals surface area contributed by atoms with Crippen LogP contribution in [0.2, 0.25) is 5.02 Å². The summed E-state index contributed by atoms with van der Waals surface area (Å²) in [7, 11) is 3.09. The summed E-state index contributed by atoms with van der Waals surface area (Å²) in [6.07, 6.45) is 4.67. The predicted octanol–water partition coefficient (Wildman–Crippen LogP) is 4.59. The molecule has 1 aliphatic heterocycles. The number of nitriles is 1. The van der Waals surface area contributed by atoms with Gasteiger partial charge in [-0.15, -0.1) is 0 Å². The van der Waals surface area contributed by atoms with Crippen LogP contribution < -0.4 is 11.1 Å². The predicted molar refractivity (Wildman–Crippen MR) is 119 cm³/mol. The van der Waals surface area contributed by atoms with Gasteiger partial charge in [0.2, 0.25) is 0 Å². The Labute approximate surface area is 186 Å². The Morgan fingerprint density at radius 1 is 1.29 bits per heavy atom. The molecule has 1 aromatic carbocycles. The molecule has 2 aliphatic rings. The number of benzene rings is 1. The Hall–Kier alpha value is -2.85. The Kier molecular flexibility index (Phi) is 5.09. The maximum Gasteiger partial charge on any atom is 0.258 e. The summed E-state index contributed by atoms with van der Waals surface area (Å²) in [6, 6.07) is 5.49. The Morgan fingerprint density at radius 3 is 2.58 bits per heavy atom. The van der Waals surface area contributed by atoms with Gasteiger partial charge in [0.25, 0.3) is 5.91 Å². The van der Waals surface area contributed by atoms with E-state index in [-0.39, 0.29) is 27.6 Å². The molecule has 1 fully saturated rings. The third-order valence-corrected chi connectivity index (χ3v) is 7.20. The molecule has 0 saturated heterocycles. The number of nitrogen functional groups attached to an aromatic ring is 1. The van der Waals surface area contributed by atoms with Crippen LogP contribution in [0.1, 0.15) is 48.5 Å². The van der Waals surface area contributed by atoms with E-state index in [1.54, 1.807) is 14.1 Å². The molecular formula is C23H25ClFN5O. The fourth-order valence-electron chi connectivity index (χ4n) is 4.69. The molecule has 0 atom stereocenters. The Balaban J connectivity index is 1.82. The zero-order chi connectivity index (χ0) is 22.6. The van der Waals surface area contributed by atoms with E-state index in [2.05, 4.69) is 16.4 Å². The monoisotopic (exact) mass is 441 g/mol. The van der Waals surface area contributed by atoms with Crippen molar-refractivity contribution < 1.29 is 9.18 Å². The number of pyridine rings is 1. The molecule has 0 radical (unpaired) electrons. The van der Waals surface area contributed by atoms with Crippen LogP contribution in [-0.4, -0.2) is 36.4 Å². The van der Waals surface area contributed by atoms with Crippen LogP contribution in [0, 0.1) is 22.6 Å². The lowest BCUT2D eigenvalue weighted by Crippen LogP contribution is -2.37. The number of anilines is 2. The number of hydrogen-bond acceptors (Lipinski definition) is 5. The smallest absolute Gasteiger partial charge is 0.258 e. The number of amides is 1. The lowest BCUT2D eigenvalue weighted by atomic mass is 9.63. The maximum absolute atomic E-state index is 15.5. The summed E-state index contributed by atoms with van der Waals surface area (Å²) in [5.41, 5.74) is 6.75. The van der Waals surface area contributed by atoms with Crippen molar-refractivity contribution in [2.24, 2.45) is 5.41 Å². The van der Waals surface area contributed by atoms with Crippen molar-refractivity contribution in [1.82, 2.24) is 9.88 Å². The van der Waals surface area contributed by atoms with Gasteiger partial charge in [-0.25, -0.2) is 9.37 Å². The lowest BCUT2D eigenvalue weighted by molar-refractivity contribution is 0.0824. The Morgan fingerprint density at radius 2 is 1.97 bits per heavy atom. The van der Waals surface area contributed by atoms with Gasteiger partial charge in [0.05, 0.1) is 22.1 Å².